The zero-order chi connectivity index (χ0) is 13.0. The minimum absolute atomic E-state index is 0.376. The van der Waals surface area contributed by atoms with E-state index in [1.165, 1.54) is 6.20 Å². The molecule has 5 nitrogen and oxygen atoms in total. The summed E-state index contributed by atoms with van der Waals surface area (Å²) in [6, 6.07) is 11.6. The van der Waals surface area contributed by atoms with Crippen molar-refractivity contribution >= 4 is 5.91 Å². The summed E-state index contributed by atoms with van der Waals surface area (Å²) < 4.78 is 5.44. The van der Waals surface area contributed by atoms with Crippen LogP contribution < -0.4 is 10.5 Å². The monoisotopic (exact) mass is 239 g/mol. The maximum absolute atomic E-state index is 10.9. The first-order valence-corrected chi connectivity index (χ1v) is 5.13. The van der Waals surface area contributed by atoms with Crippen LogP contribution in [0.3, 0.4) is 0 Å². The lowest BCUT2D eigenvalue weighted by Gasteiger charge is -2.04. The Morgan fingerprint density at radius 1 is 1.22 bits per heavy atom. The van der Waals surface area contributed by atoms with Gasteiger partial charge in [0.2, 0.25) is 11.8 Å². The van der Waals surface area contributed by atoms with Gasteiger partial charge in [0.1, 0.15) is 11.8 Å². The quantitative estimate of drug-likeness (QED) is 0.884. The molecule has 1 heterocycles. The number of benzene rings is 1. The summed E-state index contributed by atoms with van der Waals surface area (Å²) in [7, 11) is 0. The van der Waals surface area contributed by atoms with Gasteiger partial charge in [-0.25, -0.2) is 4.98 Å². The van der Waals surface area contributed by atoms with E-state index >= 15 is 0 Å². The third kappa shape index (κ3) is 2.62. The fourth-order valence-electron chi connectivity index (χ4n) is 1.31. The Kier molecular flexibility index (Phi) is 3.21. The molecule has 2 rings (SSSR count). The van der Waals surface area contributed by atoms with Crippen LogP contribution in [0.1, 0.15) is 15.9 Å². The van der Waals surface area contributed by atoms with Gasteiger partial charge < -0.3 is 10.5 Å². The molecule has 0 bridgehead atoms. The topological polar surface area (TPSA) is 89.0 Å². The zero-order valence-electron chi connectivity index (χ0n) is 9.33. The number of hydrogen-bond acceptors (Lipinski definition) is 4. The molecule has 1 aromatic heterocycles. The highest BCUT2D eigenvalue weighted by atomic mass is 16.5. The Morgan fingerprint density at radius 3 is 2.44 bits per heavy atom. The Bertz CT molecular complexity index is 598. The molecule has 88 valence electrons. The van der Waals surface area contributed by atoms with E-state index in [4.69, 9.17) is 15.7 Å². The van der Waals surface area contributed by atoms with Crippen molar-refractivity contribution in [1.29, 1.82) is 5.26 Å². The smallest absolute Gasteiger partial charge is 0.248 e. The molecule has 0 spiro atoms. The molecule has 2 N–H and O–H groups in total. The van der Waals surface area contributed by atoms with Crippen LogP contribution in [0.4, 0.5) is 0 Å². The fraction of sp³-hybridized carbons (Fsp3) is 0. The second-order valence-corrected chi connectivity index (χ2v) is 3.49. The second kappa shape index (κ2) is 4.97. The molecular weight excluding hydrogens is 230 g/mol. The number of hydrogen-bond donors (Lipinski definition) is 1. The summed E-state index contributed by atoms with van der Waals surface area (Å²) in [5.74, 6) is 0.427. The highest BCUT2D eigenvalue weighted by molar-refractivity contribution is 5.92. The number of amides is 1. The minimum atomic E-state index is -0.488. The molecule has 1 amide bonds. The lowest BCUT2D eigenvalue weighted by atomic mass is 10.2. The standard InChI is InChI=1S/C13H9N3O2/c14-7-9-1-6-12(16-8-9)18-11-4-2-10(3-5-11)13(15)17/h1-6,8H,(H2,15,17). The summed E-state index contributed by atoms with van der Waals surface area (Å²) in [5, 5.41) is 8.63. The van der Waals surface area contributed by atoms with E-state index in [-0.39, 0.29) is 0 Å². The van der Waals surface area contributed by atoms with Crippen molar-refractivity contribution in [2.45, 2.75) is 0 Å². The zero-order valence-corrected chi connectivity index (χ0v) is 9.33. The summed E-state index contributed by atoms with van der Waals surface area (Å²) >= 11 is 0. The lowest BCUT2D eigenvalue weighted by molar-refractivity contribution is 0.100. The molecule has 18 heavy (non-hydrogen) atoms. The van der Waals surface area contributed by atoms with Gasteiger partial charge in [-0.15, -0.1) is 0 Å². The van der Waals surface area contributed by atoms with Gasteiger partial charge in [-0.05, 0) is 30.3 Å². The number of aromatic nitrogens is 1. The molecule has 1 aromatic carbocycles. The summed E-state index contributed by atoms with van der Waals surface area (Å²) in [5.41, 5.74) is 6.00. The van der Waals surface area contributed by atoms with E-state index in [1.807, 2.05) is 6.07 Å². The van der Waals surface area contributed by atoms with Crippen LogP contribution in [-0.2, 0) is 0 Å². The van der Waals surface area contributed by atoms with E-state index < -0.39 is 5.91 Å². The SMILES string of the molecule is N#Cc1ccc(Oc2ccc(C(N)=O)cc2)nc1. The molecule has 5 heteroatoms. The van der Waals surface area contributed by atoms with Crippen molar-refractivity contribution in [2.24, 2.45) is 5.73 Å². The number of nitriles is 1. The van der Waals surface area contributed by atoms with Crippen molar-refractivity contribution in [3.05, 3.63) is 53.7 Å². The number of ether oxygens (including phenoxy) is 1. The van der Waals surface area contributed by atoms with Crippen LogP contribution in [0.2, 0.25) is 0 Å². The maximum atomic E-state index is 10.9. The molecule has 0 atom stereocenters. The van der Waals surface area contributed by atoms with E-state index in [1.54, 1.807) is 36.4 Å². The van der Waals surface area contributed by atoms with Crippen molar-refractivity contribution in [3.8, 4) is 17.7 Å². The number of carbonyl (C=O) groups excluding carboxylic acids is 1. The van der Waals surface area contributed by atoms with Crippen LogP contribution in [0.15, 0.2) is 42.6 Å². The van der Waals surface area contributed by atoms with Gasteiger partial charge >= 0.3 is 0 Å². The van der Waals surface area contributed by atoms with Crippen LogP contribution in [0, 0.1) is 11.3 Å². The molecule has 0 fully saturated rings. The summed E-state index contributed by atoms with van der Waals surface area (Å²) in [4.78, 5) is 14.8. The molecule has 0 radical (unpaired) electrons. The van der Waals surface area contributed by atoms with Gasteiger partial charge in [0.25, 0.3) is 0 Å². The third-order valence-corrected chi connectivity index (χ3v) is 2.23. The van der Waals surface area contributed by atoms with Gasteiger partial charge in [-0.1, -0.05) is 0 Å². The Labute approximate surface area is 103 Å². The van der Waals surface area contributed by atoms with Gasteiger partial charge in [-0.3, -0.25) is 4.79 Å². The van der Waals surface area contributed by atoms with Crippen molar-refractivity contribution < 1.29 is 9.53 Å². The van der Waals surface area contributed by atoms with E-state index in [0.717, 1.165) is 0 Å². The van der Waals surface area contributed by atoms with E-state index in [9.17, 15) is 4.79 Å². The average molecular weight is 239 g/mol. The van der Waals surface area contributed by atoms with Gasteiger partial charge in [0.15, 0.2) is 0 Å². The summed E-state index contributed by atoms with van der Waals surface area (Å²) in [6.07, 6.45) is 1.42. The highest BCUT2D eigenvalue weighted by Crippen LogP contribution is 2.19. The molecule has 2 aromatic rings. The first-order valence-electron chi connectivity index (χ1n) is 5.13. The highest BCUT2D eigenvalue weighted by Gasteiger charge is 2.02. The van der Waals surface area contributed by atoms with Crippen LogP contribution in [0.5, 0.6) is 11.6 Å². The number of pyridine rings is 1. The second-order valence-electron chi connectivity index (χ2n) is 3.49. The van der Waals surface area contributed by atoms with Crippen LogP contribution >= 0.6 is 0 Å². The van der Waals surface area contributed by atoms with Gasteiger partial charge in [0.05, 0.1) is 5.56 Å². The number of nitrogens with two attached hydrogens (primary N) is 1. The van der Waals surface area contributed by atoms with E-state index in [2.05, 4.69) is 4.98 Å². The minimum Gasteiger partial charge on any atom is -0.439 e. The Balaban J connectivity index is 2.13. The molecule has 0 aliphatic carbocycles. The average Bonchev–Trinajstić information content (AvgIpc) is 2.40. The molecule has 0 aliphatic heterocycles. The predicted molar refractivity (Wildman–Crippen MR) is 64.0 cm³/mol. The molecule has 0 saturated heterocycles. The van der Waals surface area contributed by atoms with E-state index in [0.29, 0.717) is 22.8 Å². The molecular formula is C13H9N3O2. The third-order valence-electron chi connectivity index (χ3n) is 2.23. The first-order chi connectivity index (χ1) is 8.69. The fourth-order valence-corrected chi connectivity index (χ4v) is 1.31. The Morgan fingerprint density at radius 2 is 1.94 bits per heavy atom. The first kappa shape index (κ1) is 11.6. The molecule has 0 aliphatic rings. The van der Waals surface area contributed by atoms with Crippen molar-refractivity contribution in [3.63, 3.8) is 0 Å². The lowest BCUT2D eigenvalue weighted by Crippen LogP contribution is -2.10. The predicted octanol–water partition coefficient (Wildman–Crippen LogP) is 1.84. The van der Waals surface area contributed by atoms with Crippen molar-refractivity contribution in [1.82, 2.24) is 4.98 Å². The van der Waals surface area contributed by atoms with Crippen LogP contribution in [-0.4, -0.2) is 10.9 Å². The van der Waals surface area contributed by atoms with Crippen LogP contribution in [0.25, 0.3) is 0 Å². The number of carbonyl (C=O) groups is 1. The normalized spacial score (nSPS) is 9.50. The molecule has 0 unspecified atom stereocenters. The molecule has 0 saturated carbocycles. The van der Waals surface area contributed by atoms with Crippen molar-refractivity contribution in [2.75, 3.05) is 0 Å². The largest absolute Gasteiger partial charge is 0.439 e. The maximum Gasteiger partial charge on any atom is 0.248 e. The number of nitrogens with zero attached hydrogens (tertiary/aromatic N) is 2. The number of rotatable bonds is 3. The Hall–Kier alpha value is -2.87. The van der Waals surface area contributed by atoms with Gasteiger partial charge in [0, 0.05) is 17.8 Å². The van der Waals surface area contributed by atoms with Gasteiger partial charge in [-0.2, -0.15) is 5.26 Å². The summed E-state index contributed by atoms with van der Waals surface area (Å²) in [6.45, 7) is 0. The number of primary amides is 1.